The summed E-state index contributed by atoms with van der Waals surface area (Å²) in [6.07, 6.45) is 2.41. The lowest BCUT2D eigenvalue weighted by molar-refractivity contribution is 0.313. The quantitative estimate of drug-likeness (QED) is 0.361. The Bertz CT molecular complexity index is 443. The van der Waals surface area contributed by atoms with Gasteiger partial charge in [-0.15, -0.1) is 0 Å². The van der Waals surface area contributed by atoms with Gasteiger partial charge in [-0.05, 0) is 37.6 Å². The average Bonchev–Trinajstić information content (AvgIpc) is 3.14. The fraction of sp³-hybridized carbons (Fsp3) is 0.417. The van der Waals surface area contributed by atoms with E-state index in [2.05, 4.69) is 10.1 Å². The van der Waals surface area contributed by atoms with Gasteiger partial charge in [0, 0.05) is 18.2 Å². The van der Waals surface area contributed by atoms with E-state index in [0.29, 0.717) is 18.2 Å². The Morgan fingerprint density at radius 2 is 2.29 bits per heavy atom. The van der Waals surface area contributed by atoms with Gasteiger partial charge in [0.15, 0.2) is 5.84 Å². The Labute approximate surface area is 99.5 Å². The van der Waals surface area contributed by atoms with E-state index in [4.69, 9.17) is 10.9 Å². The van der Waals surface area contributed by atoms with Gasteiger partial charge in [0.25, 0.3) is 0 Å². The first-order valence-corrected chi connectivity index (χ1v) is 5.58. The molecule has 0 atom stereocenters. The topological polar surface area (TPSA) is 61.8 Å². The molecule has 0 radical (unpaired) electrons. The number of oxime groups is 1. The summed E-state index contributed by atoms with van der Waals surface area (Å²) in [6, 6.07) is 4.98. The molecule has 92 valence electrons. The number of hydrogen-bond donors (Lipinski definition) is 2. The van der Waals surface area contributed by atoms with Crippen LogP contribution in [0.5, 0.6) is 0 Å². The fourth-order valence-corrected chi connectivity index (χ4v) is 1.89. The molecule has 0 bridgehead atoms. The molecule has 0 amide bonds. The van der Waals surface area contributed by atoms with Crippen molar-refractivity contribution in [2.75, 3.05) is 7.05 Å². The van der Waals surface area contributed by atoms with Crippen molar-refractivity contribution in [2.45, 2.75) is 25.4 Å². The summed E-state index contributed by atoms with van der Waals surface area (Å²) in [4.78, 5) is 2.20. The minimum atomic E-state index is -0.385. The maximum Gasteiger partial charge on any atom is 0.170 e. The van der Waals surface area contributed by atoms with Gasteiger partial charge in [0.2, 0.25) is 0 Å². The van der Waals surface area contributed by atoms with Crippen LogP contribution in [0.15, 0.2) is 23.4 Å². The van der Waals surface area contributed by atoms with Gasteiger partial charge in [0.1, 0.15) is 5.82 Å². The van der Waals surface area contributed by atoms with Gasteiger partial charge in [-0.2, -0.15) is 0 Å². The molecule has 2 rings (SSSR count). The number of rotatable bonds is 4. The molecule has 1 aliphatic carbocycles. The molecular formula is C12H16FN3O. The summed E-state index contributed by atoms with van der Waals surface area (Å²) in [5, 5.41) is 11.6. The molecule has 1 saturated carbocycles. The standard InChI is InChI=1S/C12H16FN3O/c1-16(10-4-5-10)7-8-2-3-9(13)6-11(8)12(14)15-17/h2-3,6,10,17H,4-5,7H2,1H3,(H2,14,15). The van der Waals surface area contributed by atoms with E-state index in [-0.39, 0.29) is 11.7 Å². The first kappa shape index (κ1) is 11.9. The van der Waals surface area contributed by atoms with Crippen LogP contribution in [0, 0.1) is 5.82 Å². The lowest BCUT2D eigenvalue weighted by atomic mass is 10.1. The average molecular weight is 237 g/mol. The third kappa shape index (κ3) is 2.74. The van der Waals surface area contributed by atoms with Crippen LogP contribution in [0.3, 0.4) is 0 Å². The lowest BCUT2D eigenvalue weighted by Gasteiger charge is -2.17. The number of hydrogen-bond acceptors (Lipinski definition) is 3. The molecule has 17 heavy (non-hydrogen) atoms. The Balaban J connectivity index is 2.25. The van der Waals surface area contributed by atoms with Crippen LogP contribution < -0.4 is 5.73 Å². The Morgan fingerprint density at radius 1 is 1.59 bits per heavy atom. The number of amidine groups is 1. The molecule has 4 nitrogen and oxygen atoms in total. The Morgan fingerprint density at radius 3 is 2.88 bits per heavy atom. The summed E-state index contributed by atoms with van der Waals surface area (Å²) < 4.78 is 13.1. The lowest BCUT2D eigenvalue weighted by Crippen LogP contribution is -2.23. The number of halogens is 1. The van der Waals surface area contributed by atoms with Crippen LogP contribution >= 0.6 is 0 Å². The van der Waals surface area contributed by atoms with Crippen molar-refractivity contribution in [3.8, 4) is 0 Å². The van der Waals surface area contributed by atoms with Crippen LogP contribution in [-0.4, -0.2) is 29.0 Å². The van der Waals surface area contributed by atoms with Crippen molar-refractivity contribution in [1.29, 1.82) is 0 Å². The van der Waals surface area contributed by atoms with Crippen molar-refractivity contribution in [2.24, 2.45) is 10.9 Å². The number of benzene rings is 1. The van der Waals surface area contributed by atoms with Crippen LogP contribution in [0.2, 0.25) is 0 Å². The largest absolute Gasteiger partial charge is 0.409 e. The summed E-state index contributed by atoms with van der Waals surface area (Å²) >= 11 is 0. The minimum absolute atomic E-state index is 0.0521. The molecule has 1 aromatic carbocycles. The second kappa shape index (κ2) is 4.71. The van der Waals surface area contributed by atoms with E-state index in [1.165, 1.54) is 25.0 Å². The predicted molar refractivity (Wildman–Crippen MR) is 63.4 cm³/mol. The summed E-state index contributed by atoms with van der Waals surface area (Å²) in [5.74, 6) is -0.437. The van der Waals surface area contributed by atoms with E-state index in [1.807, 2.05) is 7.05 Å². The van der Waals surface area contributed by atoms with E-state index >= 15 is 0 Å². The molecular weight excluding hydrogens is 221 g/mol. The smallest absolute Gasteiger partial charge is 0.170 e. The van der Waals surface area contributed by atoms with E-state index in [1.54, 1.807) is 6.07 Å². The molecule has 1 aromatic rings. The van der Waals surface area contributed by atoms with Gasteiger partial charge in [-0.3, -0.25) is 4.90 Å². The fourth-order valence-electron chi connectivity index (χ4n) is 1.89. The molecule has 0 saturated heterocycles. The van der Waals surface area contributed by atoms with Crippen molar-refractivity contribution < 1.29 is 9.60 Å². The van der Waals surface area contributed by atoms with Gasteiger partial charge < -0.3 is 10.9 Å². The van der Waals surface area contributed by atoms with Crippen LogP contribution in [-0.2, 0) is 6.54 Å². The Hall–Kier alpha value is -1.62. The van der Waals surface area contributed by atoms with E-state index in [9.17, 15) is 4.39 Å². The molecule has 1 aliphatic rings. The third-order valence-corrected chi connectivity index (χ3v) is 3.05. The van der Waals surface area contributed by atoms with Gasteiger partial charge in [0.05, 0.1) is 0 Å². The molecule has 0 spiro atoms. The second-order valence-corrected chi connectivity index (χ2v) is 4.43. The molecule has 5 heteroatoms. The summed E-state index contributed by atoms with van der Waals surface area (Å²) in [5.41, 5.74) is 6.88. The van der Waals surface area contributed by atoms with Crippen molar-refractivity contribution >= 4 is 5.84 Å². The molecule has 0 heterocycles. The maximum absolute atomic E-state index is 13.1. The van der Waals surface area contributed by atoms with Gasteiger partial charge >= 0.3 is 0 Å². The maximum atomic E-state index is 13.1. The summed E-state index contributed by atoms with van der Waals surface area (Å²) in [7, 11) is 2.02. The van der Waals surface area contributed by atoms with Crippen molar-refractivity contribution in [1.82, 2.24) is 4.90 Å². The molecule has 0 unspecified atom stereocenters. The zero-order chi connectivity index (χ0) is 12.4. The zero-order valence-electron chi connectivity index (χ0n) is 9.73. The second-order valence-electron chi connectivity index (χ2n) is 4.43. The van der Waals surface area contributed by atoms with Crippen molar-refractivity contribution in [3.63, 3.8) is 0 Å². The monoisotopic (exact) mass is 237 g/mol. The van der Waals surface area contributed by atoms with E-state index < -0.39 is 0 Å². The first-order valence-electron chi connectivity index (χ1n) is 5.58. The molecule has 1 fully saturated rings. The number of nitrogens with two attached hydrogens (primary N) is 1. The van der Waals surface area contributed by atoms with E-state index in [0.717, 1.165) is 5.56 Å². The van der Waals surface area contributed by atoms with Crippen molar-refractivity contribution in [3.05, 3.63) is 35.1 Å². The normalized spacial score (nSPS) is 16.5. The van der Waals surface area contributed by atoms with Gasteiger partial charge in [-0.25, -0.2) is 4.39 Å². The zero-order valence-corrected chi connectivity index (χ0v) is 9.73. The third-order valence-electron chi connectivity index (χ3n) is 3.05. The van der Waals surface area contributed by atoms with Crippen LogP contribution in [0.1, 0.15) is 24.0 Å². The first-order chi connectivity index (χ1) is 8.11. The Kier molecular flexibility index (Phi) is 3.28. The highest BCUT2D eigenvalue weighted by Crippen LogP contribution is 2.27. The predicted octanol–water partition coefficient (Wildman–Crippen LogP) is 1.51. The van der Waals surface area contributed by atoms with Gasteiger partial charge in [-0.1, -0.05) is 11.2 Å². The number of nitrogens with zero attached hydrogens (tertiary/aromatic N) is 2. The van der Waals surface area contributed by atoms with Crippen LogP contribution in [0.4, 0.5) is 4.39 Å². The molecule has 0 aromatic heterocycles. The highest BCUT2D eigenvalue weighted by molar-refractivity contribution is 5.98. The highest BCUT2D eigenvalue weighted by Gasteiger charge is 2.26. The molecule has 3 N–H and O–H groups in total. The SMILES string of the molecule is CN(Cc1ccc(F)cc1C(N)=NO)C1CC1. The molecule has 0 aliphatic heterocycles. The highest BCUT2D eigenvalue weighted by atomic mass is 19.1. The summed E-state index contributed by atoms with van der Waals surface area (Å²) in [6.45, 7) is 0.677. The minimum Gasteiger partial charge on any atom is -0.409 e. The van der Waals surface area contributed by atoms with Crippen LogP contribution in [0.25, 0.3) is 0 Å².